The first kappa shape index (κ1) is 15.9. The molecule has 0 fully saturated rings. The van der Waals surface area contributed by atoms with Crippen LogP contribution in [-0.2, 0) is 6.54 Å². The molecule has 0 N–H and O–H groups in total. The molecule has 3 nitrogen and oxygen atoms in total. The lowest BCUT2D eigenvalue weighted by atomic mass is 9.99. The molecular formula is C19H22N2OS. The SMILES string of the molecule is CC(C)Cn1cnc2scc(-c3ccc(C(C)C)cc3)c2c1=O. The van der Waals surface area contributed by atoms with Gasteiger partial charge >= 0.3 is 0 Å². The summed E-state index contributed by atoms with van der Waals surface area (Å²) in [5.41, 5.74) is 3.45. The second kappa shape index (κ2) is 6.28. The fourth-order valence-electron chi connectivity index (χ4n) is 2.75. The molecule has 120 valence electrons. The lowest BCUT2D eigenvalue weighted by Crippen LogP contribution is -2.22. The van der Waals surface area contributed by atoms with Crippen molar-refractivity contribution < 1.29 is 0 Å². The van der Waals surface area contributed by atoms with E-state index >= 15 is 0 Å². The molecule has 1 aromatic carbocycles. The molecule has 0 bridgehead atoms. The highest BCUT2D eigenvalue weighted by Gasteiger charge is 2.14. The van der Waals surface area contributed by atoms with Crippen molar-refractivity contribution in [3.63, 3.8) is 0 Å². The van der Waals surface area contributed by atoms with Gasteiger partial charge in [-0.3, -0.25) is 9.36 Å². The number of hydrogen-bond donors (Lipinski definition) is 0. The predicted molar refractivity (Wildman–Crippen MR) is 98.2 cm³/mol. The van der Waals surface area contributed by atoms with E-state index in [0.717, 1.165) is 21.3 Å². The lowest BCUT2D eigenvalue weighted by molar-refractivity contribution is 0.508. The molecule has 0 unspecified atom stereocenters. The number of rotatable bonds is 4. The van der Waals surface area contributed by atoms with E-state index in [-0.39, 0.29) is 5.56 Å². The van der Waals surface area contributed by atoms with Crippen LogP contribution in [0.25, 0.3) is 21.3 Å². The first-order chi connectivity index (χ1) is 11.0. The third-order valence-corrected chi connectivity index (χ3v) is 4.90. The summed E-state index contributed by atoms with van der Waals surface area (Å²) in [6.45, 7) is 9.28. The van der Waals surface area contributed by atoms with Crippen LogP contribution in [0.4, 0.5) is 0 Å². The lowest BCUT2D eigenvalue weighted by Gasteiger charge is -2.09. The largest absolute Gasteiger partial charge is 0.298 e. The summed E-state index contributed by atoms with van der Waals surface area (Å²) in [7, 11) is 0. The Balaban J connectivity index is 2.12. The van der Waals surface area contributed by atoms with Crippen LogP contribution in [0.15, 0.2) is 40.8 Å². The van der Waals surface area contributed by atoms with Gasteiger partial charge in [-0.05, 0) is 23.0 Å². The smallest absolute Gasteiger partial charge is 0.262 e. The van der Waals surface area contributed by atoms with Crippen molar-refractivity contribution in [2.24, 2.45) is 5.92 Å². The Kier molecular flexibility index (Phi) is 4.35. The first-order valence-corrected chi connectivity index (χ1v) is 8.92. The molecule has 0 saturated heterocycles. The first-order valence-electron chi connectivity index (χ1n) is 8.04. The van der Waals surface area contributed by atoms with Crippen LogP contribution in [0, 0.1) is 5.92 Å². The van der Waals surface area contributed by atoms with E-state index in [1.165, 1.54) is 16.9 Å². The Morgan fingerprint density at radius 3 is 2.43 bits per heavy atom. The fraction of sp³-hybridized carbons (Fsp3) is 0.368. The Morgan fingerprint density at radius 2 is 1.83 bits per heavy atom. The molecule has 3 rings (SSSR count). The summed E-state index contributed by atoms with van der Waals surface area (Å²) >= 11 is 1.54. The van der Waals surface area contributed by atoms with Crippen LogP contribution in [0.2, 0.25) is 0 Å². The molecule has 0 aliphatic carbocycles. The summed E-state index contributed by atoms with van der Waals surface area (Å²) in [5, 5.41) is 2.79. The van der Waals surface area contributed by atoms with Crippen molar-refractivity contribution in [1.29, 1.82) is 0 Å². The summed E-state index contributed by atoms with van der Waals surface area (Å²) < 4.78 is 1.73. The maximum Gasteiger partial charge on any atom is 0.262 e. The predicted octanol–water partition coefficient (Wildman–Crippen LogP) is 4.90. The number of thiophene rings is 1. The van der Waals surface area contributed by atoms with E-state index in [1.54, 1.807) is 10.9 Å². The average molecular weight is 326 g/mol. The van der Waals surface area contributed by atoms with Gasteiger partial charge in [0.2, 0.25) is 0 Å². The molecule has 2 aromatic heterocycles. The maximum atomic E-state index is 12.8. The minimum atomic E-state index is 0.0629. The number of hydrogen-bond acceptors (Lipinski definition) is 3. The van der Waals surface area contributed by atoms with Gasteiger partial charge in [0, 0.05) is 17.5 Å². The van der Waals surface area contributed by atoms with E-state index in [1.807, 2.05) is 5.38 Å². The fourth-order valence-corrected chi connectivity index (χ4v) is 3.66. The Hall–Kier alpha value is -1.94. The van der Waals surface area contributed by atoms with Crippen molar-refractivity contribution in [2.45, 2.75) is 40.2 Å². The zero-order chi connectivity index (χ0) is 16.6. The number of aromatic nitrogens is 2. The van der Waals surface area contributed by atoms with Crippen molar-refractivity contribution >= 4 is 21.6 Å². The van der Waals surface area contributed by atoms with Gasteiger partial charge in [0.05, 0.1) is 11.7 Å². The summed E-state index contributed by atoms with van der Waals surface area (Å²) in [6, 6.07) is 8.51. The van der Waals surface area contributed by atoms with E-state index < -0.39 is 0 Å². The van der Waals surface area contributed by atoms with Crippen LogP contribution in [0.1, 0.15) is 39.2 Å². The highest BCUT2D eigenvalue weighted by atomic mass is 32.1. The summed E-state index contributed by atoms with van der Waals surface area (Å²) in [5.74, 6) is 0.924. The summed E-state index contributed by atoms with van der Waals surface area (Å²) in [4.78, 5) is 18.1. The van der Waals surface area contributed by atoms with E-state index in [9.17, 15) is 4.79 Å². The molecule has 0 aliphatic rings. The molecule has 0 saturated carbocycles. The van der Waals surface area contributed by atoms with Gasteiger partial charge in [0.1, 0.15) is 4.83 Å². The highest BCUT2D eigenvalue weighted by Crippen LogP contribution is 2.31. The van der Waals surface area contributed by atoms with Crippen LogP contribution in [-0.4, -0.2) is 9.55 Å². The third-order valence-electron chi connectivity index (χ3n) is 4.01. The minimum Gasteiger partial charge on any atom is -0.298 e. The van der Waals surface area contributed by atoms with Crippen molar-refractivity contribution in [1.82, 2.24) is 9.55 Å². The van der Waals surface area contributed by atoms with E-state index in [4.69, 9.17) is 0 Å². The van der Waals surface area contributed by atoms with Crippen molar-refractivity contribution in [3.8, 4) is 11.1 Å². The standard InChI is InChI=1S/C19H22N2OS/c1-12(2)9-21-11-20-18-17(19(21)22)16(10-23-18)15-7-5-14(6-8-15)13(3)4/h5-8,10-13H,9H2,1-4H3. The van der Waals surface area contributed by atoms with Gasteiger partial charge in [0.15, 0.2) is 0 Å². The zero-order valence-corrected chi connectivity index (χ0v) is 14.9. The molecule has 0 amide bonds. The van der Waals surface area contributed by atoms with Gasteiger partial charge < -0.3 is 0 Å². The van der Waals surface area contributed by atoms with Gasteiger partial charge in [-0.25, -0.2) is 4.98 Å². The molecule has 0 radical (unpaired) electrons. The van der Waals surface area contributed by atoms with Crippen LogP contribution in [0.3, 0.4) is 0 Å². The normalized spacial score (nSPS) is 11.7. The third kappa shape index (κ3) is 3.08. The molecule has 0 atom stereocenters. The molecule has 3 aromatic rings. The number of fused-ring (bicyclic) bond motifs is 1. The monoisotopic (exact) mass is 326 g/mol. The number of benzene rings is 1. The van der Waals surface area contributed by atoms with Gasteiger partial charge in [0.25, 0.3) is 5.56 Å². The van der Waals surface area contributed by atoms with Crippen LogP contribution >= 0.6 is 11.3 Å². The highest BCUT2D eigenvalue weighted by molar-refractivity contribution is 7.17. The molecular weight excluding hydrogens is 304 g/mol. The molecule has 4 heteroatoms. The Labute approximate surface area is 140 Å². The van der Waals surface area contributed by atoms with Gasteiger partial charge in [-0.15, -0.1) is 11.3 Å². The number of nitrogens with zero attached hydrogens (tertiary/aromatic N) is 2. The summed E-state index contributed by atoms with van der Waals surface area (Å²) in [6.07, 6.45) is 1.67. The van der Waals surface area contributed by atoms with Crippen LogP contribution < -0.4 is 5.56 Å². The topological polar surface area (TPSA) is 34.9 Å². The van der Waals surface area contributed by atoms with E-state index in [0.29, 0.717) is 18.4 Å². The van der Waals surface area contributed by atoms with Crippen LogP contribution in [0.5, 0.6) is 0 Å². The Morgan fingerprint density at radius 1 is 1.13 bits per heavy atom. The molecule has 0 spiro atoms. The quantitative estimate of drug-likeness (QED) is 0.683. The zero-order valence-electron chi connectivity index (χ0n) is 14.0. The Bertz CT molecular complexity index is 873. The van der Waals surface area contributed by atoms with E-state index in [2.05, 4.69) is 56.9 Å². The average Bonchev–Trinajstić information content (AvgIpc) is 2.94. The maximum absolute atomic E-state index is 12.8. The second-order valence-corrected chi connectivity index (χ2v) is 7.56. The molecule has 2 heterocycles. The minimum absolute atomic E-state index is 0.0629. The second-order valence-electron chi connectivity index (χ2n) is 6.70. The van der Waals surface area contributed by atoms with Gasteiger partial charge in [-0.2, -0.15) is 0 Å². The molecule has 23 heavy (non-hydrogen) atoms. The van der Waals surface area contributed by atoms with Crippen molar-refractivity contribution in [2.75, 3.05) is 0 Å². The van der Waals surface area contributed by atoms with Crippen molar-refractivity contribution in [3.05, 3.63) is 51.9 Å². The molecule has 0 aliphatic heterocycles. The van der Waals surface area contributed by atoms with Gasteiger partial charge in [-0.1, -0.05) is 52.0 Å².